The summed E-state index contributed by atoms with van der Waals surface area (Å²) in [5.74, 6) is 4.51. The van der Waals surface area contributed by atoms with Gasteiger partial charge in [0.2, 0.25) is 5.69 Å². The third kappa shape index (κ3) is 15.4. The summed E-state index contributed by atoms with van der Waals surface area (Å²) in [7, 11) is -1.47. The van der Waals surface area contributed by atoms with Gasteiger partial charge in [-0.1, -0.05) is 105 Å². The van der Waals surface area contributed by atoms with E-state index in [1.165, 1.54) is 70.6 Å². The molecule has 2 N–H and O–H groups in total. The van der Waals surface area contributed by atoms with Crippen molar-refractivity contribution < 1.29 is 9.79 Å². The van der Waals surface area contributed by atoms with Gasteiger partial charge in [0.1, 0.15) is 0 Å². The van der Waals surface area contributed by atoms with Gasteiger partial charge in [-0.2, -0.15) is 9.65 Å². The Labute approximate surface area is 190 Å². The molecule has 0 atom stereocenters. The summed E-state index contributed by atoms with van der Waals surface area (Å²) < 4.78 is 0. The second-order valence-electron chi connectivity index (χ2n) is 9.86. The maximum absolute atomic E-state index is 10.8. The van der Waals surface area contributed by atoms with Crippen LogP contribution in [0.15, 0.2) is 0 Å². The van der Waals surface area contributed by atoms with E-state index in [4.69, 9.17) is 11.8 Å². The van der Waals surface area contributed by atoms with Crippen molar-refractivity contribution >= 4 is 27.1 Å². The molecule has 0 fully saturated rings. The summed E-state index contributed by atoms with van der Waals surface area (Å²) >= 11 is 5.44. The highest BCUT2D eigenvalue weighted by Gasteiger charge is 2.35. The number of rotatable bonds is 20. The third-order valence-electron chi connectivity index (χ3n) is 5.99. The summed E-state index contributed by atoms with van der Waals surface area (Å²) in [6.07, 6.45) is 17.3. The minimum absolute atomic E-state index is 0.761. The quantitative estimate of drug-likeness (QED) is 0.138. The molecule has 0 spiro atoms. The maximum Gasteiger partial charge on any atom is 0.224 e. The van der Waals surface area contributed by atoms with Crippen molar-refractivity contribution in [2.24, 2.45) is 11.8 Å². The SMILES string of the molecule is CCCCCCCCS(CCCCCC(C)C)(CCCCCC(C)C)P(O)(O)=S. The molecule has 0 heterocycles. The summed E-state index contributed by atoms with van der Waals surface area (Å²) in [4.78, 5) is 21.6. The lowest BCUT2D eigenvalue weighted by atomic mass is 10.1. The standard InChI is InChI=1S/C24H53O2PS2/c1-6-7-8-9-10-15-20-29(27(25,26)28,21-16-11-13-18-23(2)3)22-17-12-14-19-24(4)5/h23-24H,6-22H2,1-5H3,(H2,25,26,28). The van der Waals surface area contributed by atoms with E-state index >= 15 is 0 Å². The van der Waals surface area contributed by atoms with Crippen LogP contribution in [0.3, 0.4) is 0 Å². The van der Waals surface area contributed by atoms with Gasteiger partial charge in [-0.15, -0.1) is 0 Å². The zero-order valence-corrected chi connectivity index (χ0v) is 22.9. The number of hydrogen-bond donors (Lipinski definition) is 2. The van der Waals surface area contributed by atoms with Crippen LogP contribution in [0.4, 0.5) is 0 Å². The molecular formula is C24H53O2PS2. The molecule has 2 nitrogen and oxygen atoms in total. The van der Waals surface area contributed by atoms with Crippen molar-refractivity contribution in [3.8, 4) is 0 Å². The van der Waals surface area contributed by atoms with Crippen LogP contribution in [-0.4, -0.2) is 27.0 Å². The lowest BCUT2D eigenvalue weighted by Crippen LogP contribution is -2.15. The average molecular weight is 469 g/mol. The van der Waals surface area contributed by atoms with Crippen LogP contribution in [0.1, 0.15) is 125 Å². The molecular weight excluding hydrogens is 415 g/mol. The normalized spacial score (nSPS) is 13.6. The van der Waals surface area contributed by atoms with Gasteiger partial charge in [0.05, 0.1) is 0 Å². The predicted molar refractivity (Wildman–Crippen MR) is 141 cm³/mol. The Kier molecular flexibility index (Phi) is 18.0. The van der Waals surface area contributed by atoms with Crippen molar-refractivity contribution in [3.05, 3.63) is 0 Å². The monoisotopic (exact) mass is 468 g/mol. The Hall–Kier alpha value is 0.920. The zero-order valence-electron chi connectivity index (χ0n) is 20.3. The summed E-state index contributed by atoms with van der Waals surface area (Å²) in [5, 5.41) is 0. The molecule has 0 bridgehead atoms. The molecule has 0 rings (SSSR count). The average Bonchev–Trinajstić information content (AvgIpc) is 2.61. The minimum Gasteiger partial charge on any atom is -0.339 e. The molecule has 0 aromatic heterocycles. The molecule has 0 aromatic carbocycles. The highest BCUT2D eigenvalue weighted by molar-refractivity contribution is 8.85. The van der Waals surface area contributed by atoms with Gasteiger partial charge in [0.25, 0.3) is 0 Å². The van der Waals surface area contributed by atoms with Crippen LogP contribution in [0, 0.1) is 11.8 Å². The van der Waals surface area contributed by atoms with Gasteiger partial charge in [0.15, 0.2) is 0 Å². The first-order valence-corrected chi connectivity index (χ1v) is 17.9. The first-order chi connectivity index (χ1) is 13.6. The van der Waals surface area contributed by atoms with Gasteiger partial charge in [-0.3, -0.25) is 0 Å². The molecule has 0 amide bonds. The minimum atomic E-state index is -3.19. The number of unbranched alkanes of at least 4 members (excludes halogenated alkanes) is 9. The van der Waals surface area contributed by atoms with Gasteiger partial charge in [0, 0.05) is 0 Å². The van der Waals surface area contributed by atoms with Gasteiger partial charge in [-0.05, 0) is 60.2 Å². The molecule has 0 radical (unpaired) electrons. The Morgan fingerprint density at radius 3 is 1.31 bits per heavy atom. The molecule has 0 aliphatic rings. The van der Waals surface area contributed by atoms with Gasteiger partial charge in [-0.25, -0.2) is 0 Å². The third-order valence-corrected chi connectivity index (χ3v) is 17.7. The van der Waals surface area contributed by atoms with Crippen molar-refractivity contribution in [1.29, 1.82) is 0 Å². The molecule has 178 valence electrons. The molecule has 0 saturated heterocycles. The Bertz CT molecular complexity index is 403. The molecule has 0 unspecified atom stereocenters. The summed E-state index contributed by atoms with van der Waals surface area (Å²) in [6, 6.07) is 0. The molecule has 0 aromatic rings. The number of hydrogen-bond acceptors (Lipinski definition) is 1. The largest absolute Gasteiger partial charge is 0.339 e. The summed E-state index contributed by atoms with van der Waals surface area (Å²) in [5.41, 5.74) is -3.19. The van der Waals surface area contributed by atoms with E-state index in [2.05, 4.69) is 34.6 Å². The van der Waals surface area contributed by atoms with Crippen LogP contribution in [0.2, 0.25) is 0 Å². The van der Waals surface area contributed by atoms with Crippen LogP contribution in [0.25, 0.3) is 0 Å². The fourth-order valence-corrected chi connectivity index (χ4v) is 12.9. The smallest absolute Gasteiger partial charge is 0.224 e. The van der Waals surface area contributed by atoms with E-state index < -0.39 is 15.3 Å². The fraction of sp³-hybridized carbons (Fsp3) is 1.00. The lowest BCUT2D eigenvalue weighted by Gasteiger charge is -2.43. The van der Waals surface area contributed by atoms with E-state index in [-0.39, 0.29) is 0 Å². The van der Waals surface area contributed by atoms with Crippen molar-refractivity contribution in [2.45, 2.75) is 125 Å². The van der Waals surface area contributed by atoms with E-state index in [0.29, 0.717) is 0 Å². The Morgan fingerprint density at radius 1 is 0.621 bits per heavy atom. The van der Waals surface area contributed by atoms with Gasteiger partial charge < -0.3 is 9.79 Å². The summed E-state index contributed by atoms with van der Waals surface area (Å²) in [6.45, 7) is 11.4. The second kappa shape index (κ2) is 17.5. The van der Waals surface area contributed by atoms with E-state index in [1.54, 1.807) is 0 Å². The second-order valence-corrected chi connectivity index (χ2v) is 20.1. The van der Waals surface area contributed by atoms with Crippen LogP contribution >= 0.6 is 15.3 Å². The van der Waals surface area contributed by atoms with Gasteiger partial charge >= 0.3 is 0 Å². The van der Waals surface area contributed by atoms with E-state index in [9.17, 15) is 9.79 Å². The molecule has 0 aliphatic carbocycles. The molecule has 0 saturated carbocycles. The maximum atomic E-state index is 10.8. The first kappa shape index (κ1) is 29.9. The van der Waals surface area contributed by atoms with E-state index in [0.717, 1.165) is 48.4 Å². The van der Waals surface area contributed by atoms with Crippen molar-refractivity contribution in [2.75, 3.05) is 17.3 Å². The van der Waals surface area contributed by atoms with Crippen LogP contribution in [-0.2, 0) is 11.8 Å². The molecule has 5 heteroatoms. The predicted octanol–water partition coefficient (Wildman–Crippen LogP) is 8.79. The highest BCUT2D eigenvalue weighted by atomic mass is 33.0. The van der Waals surface area contributed by atoms with Crippen molar-refractivity contribution in [1.82, 2.24) is 0 Å². The molecule has 0 aliphatic heterocycles. The highest BCUT2D eigenvalue weighted by Crippen LogP contribution is 2.78. The fourth-order valence-electron chi connectivity index (χ4n) is 4.01. The van der Waals surface area contributed by atoms with E-state index in [1.807, 2.05) is 0 Å². The van der Waals surface area contributed by atoms with Crippen LogP contribution in [0.5, 0.6) is 0 Å². The topological polar surface area (TPSA) is 40.5 Å². The first-order valence-electron chi connectivity index (χ1n) is 12.5. The Balaban J connectivity index is 4.78. The Morgan fingerprint density at radius 2 is 0.966 bits per heavy atom. The van der Waals surface area contributed by atoms with Crippen molar-refractivity contribution in [3.63, 3.8) is 0 Å². The molecule has 29 heavy (non-hydrogen) atoms. The lowest BCUT2D eigenvalue weighted by molar-refractivity contribution is 0.499. The zero-order chi connectivity index (χ0) is 22.2. The van der Waals surface area contributed by atoms with Crippen LogP contribution < -0.4 is 0 Å².